The van der Waals surface area contributed by atoms with Crippen molar-refractivity contribution in [2.45, 2.75) is 6.92 Å². The number of aliphatic hydroxyl groups excluding tert-OH is 1. The van der Waals surface area contributed by atoms with Gasteiger partial charge in [-0.15, -0.1) is 5.10 Å². The Bertz CT molecular complexity index is 754. The molecule has 25 heavy (non-hydrogen) atoms. The van der Waals surface area contributed by atoms with E-state index < -0.39 is 6.61 Å². The van der Waals surface area contributed by atoms with Gasteiger partial charge in [-0.3, -0.25) is 4.79 Å². The third-order valence-corrected chi connectivity index (χ3v) is 4.10. The predicted octanol–water partition coefficient (Wildman–Crippen LogP) is -0.361. The quantitative estimate of drug-likeness (QED) is 0.785. The maximum atomic E-state index is 12.4. The minimum atomic E-state index is -0.501. The van der Waals surface area contributed by atoms with Crippen LogP contribution in [0.2, 0.25) is 0 Å². The number of urea groups is 1. The fourth-order valence-electron chi connectivity index (χ4n) is 2.72. The summed E-state index contributed by atoms with van der Waals surface area (Å²) in [4.78, 5) is 27.0. The lowest BCUT2D eigenvalue weighted by atomic mass is 10.2. The molecule has 2 aromatic rings. The van der Waals surface area contributed by atoms with Crippen molar-refractivity contribution in [3.8, 4) is 5.69 Å². The summed E-state index contributed by atoms with van der Waals surface area (Å²) in [6.07, 6.45) is 1.51. The molecule has 3 amide bonds. The van der Waals surface area contributed by atoms with Gasteiger partial charge in [0.05, 0.1) is 5.69 Å². The van der Waals surface area contributed by atoms with E-state index >= 15 is 0 Å². The summed E-state index contributed by atoms with van der Waals surface area (Å²) < 4.78 is 1.55. The first-order valence-corrected chi connectivity index (χ1v) is 7.87. The van der Waals surface area contributed by atoms with Crippen molar-refractivity contribution < 1.29 is 14.7 Å². The van der Waals surface area contributed by atoms with E-state index in [2.05, 4.69) is 20.8 Å². The molecule has 1 aliphatic rings. The van der Waals surface area contributed by atoms with Crippen LogP contribution in [0.25, 0.3) is 5.69 Å². The molecule has 10 nitrogen and oxygen atoms in total. The highest BCUT2D eigenvalue weighted by Crippen LogP contribution is 2.18. The van der Waals surface area contributed by atoms with Gasteiger partial charge in [0.2, 0.25) is 5.91 Å². The number of carbonyl (C=O) groups is 2. The smallest absolute Gasteiger partial charge is 0.321 e. The number of nitrogens with zero attached hydrogens (tertiary/aromatic N) is 6. The third kappa shape index (κ3) is 3.74. The summed E-state index contributed by atoms with van der Waals surface area (Å²) in [5, 5.41) is 22.8. The number of piperazine rings is 1. The molecule has 0 bridgehead atoms. The summed E-state index contributed by atoms with van der Waals surface area (Å²) in [6, 6.07) is 5.25. The Hall–Kier alpha value is -3.01. The summed E-state index contributed by atoms with van der Waals surface area (Å²) >= 11 is 0. The summed E-state index contributed by atoms with van der Waals surface area (Å²) in [6.45, 7) is 3.11. The molecule has 0 radical (unpaired) electrons. The van der Waals surface area contributed by atoms with Crippen molar-refractivity contribution >= 4 is 17.6 Å². The fourth-order valence-corrected chi connectivity index (χ4v) is 2.72. The number of hydrogen-bond acceptors (Lipinski definition) is 6. The van der Waals surface area contributed by atoms with Crippen LogP contribution < -0.4 is 5.32 Å². The number of carbonyl (C=O) groups excluding carboxylic acids is 2. The number of aryl methyl sites for hydroxylation is 1. The minimum Gasteiger partial charge on any atom is -0.387 e. The number of nitrogens with one attached hydrogen (secondary N) is 1. The Kier molecular flexibility index (Phi) is 4.89. The van der Waals surface area contributed by atoms with Gasteiger partial charge in [-0.1, -0.05) is 0 Å². The predicted molar refractivity (Wildman–Crippen MR) is 88.1 cm³/mol. The zero-order chi connectivity index (χ0) is 17.8. The molecule has 2 N–H and O–H groups in total. The van der Waals surface area contributed by atoms with Gasteiger partial charge in [0, 0.05) is 31.9 Å². The number of hydrogen-bond donors (Lipinski definition) is 2. The van der Waals surface area contributed by atoms with Crippen molar-refractivity contribution in [3.63, 3.8) is 0 Å². The average molecular weight is 345 g/mol. The normalized spacial score (nSPS) is 14.5. The second-order valence-corrected chi connectivity index (χ2v) is 5.71. The van der Waals surface area contributed by atoms with E-state index in [1.54, 1.807) is 20.5 Å². The number of anilines is 1. The molecule has 2 heterocycles. The molecule has 10 heteroatoms. The van der Waals surface area contributed by atoms with Crippen LogP contribution in [0.4, 0.5) is 10.5 Å². The van der Waals surface area contributed by atoms with Crippen LogP contribution in [0.1, 0.15) is 5.56 Å². The van der Waals surface area contributed by atoms with Crippen LogP contribution in [0.5, 0.6) is 0 Å². The van der Waals surface area contributed by atoms with Crippen molar-refractivity contribution in [3.05, 3.63) is 30.1 Å². The molecular formula is C15H19N7O3. The maximum Gasteiger partial charge on any atom is 0.321 e. The van der Waals surface area contributed by atoms with E-state index in [0.29, 0.717) is 31.9 Å². The van der Waals surface area contributed by atoms with Crippen molar-refractivity contribution in [2.75, 3.05) is 38.1 Å². The van der Waals surface area contributed by atoms with Crippen LogP contribution in [-0.4, -0.2) is 79.8 Å². The van der Waals surface area contributed by atoms with Crippen LogP contribution in [0, 0.1) is 6.92 Å². The number of tetrazole rings is 1. The number of aromatic nitrogens is 4. The van der Waals surface area contributed by atoms with Crippen molar-refractivity contribution in [1.29, 1.82) is 0 Å². The van der Waals surface area contributed by atoms with Gasteiger partial charge in [-0.25, -0.2) is 9.48 Å². The van der Waals surface area contributed by atoms with E-state index in [9.17, 15) is 9.59 Å². The van der Waals surface area contributed by atoms with Crippen LogP contribution >= 0.6 is 0 Å². The van der Waals surface area contributed by atoms with Gasteiger partial charge >= 0.3 is 6.03 Å². The first-order valence-electron chi connectivity index (χ1n) is 7.87. The molecule has 1 aliphatic heterocycles. The molecule has 0 unspecified atom stereocenters. The number of aliphatic hydroxyl groups is 1. The Balaban J connectivity index is 1.60. The number of amides is 3. The van der Waals surface area contributed by atoms with Crippen LogP contribution in [-0.2, 0) is 4.79 Å². The zero-order valence-corrected chi connectivity index (χ0v) is 13.8. The van der Waals surface area contributed by atoms with Gasteiger partial charge in [-0.05, 0) is 41.1 Å². The molecule has 1 fully saturated rings. The van der Waals surface area contributed by atoms with E-state index in [1.807, 2.05) is 19.1 Å². The highest BCUT2D eigenvalue weighted by molar-refractivity contribution is 5.90. The van der Waals surface area contributed by atoms with Gasteiger partial charge in [0.25, 0.3) is 0 Å². The molecule has 1 aromatic heterocycles. The molecule has 1 saturated heterocycles. The van der Waals surface area contributed by atoms with Gasteiger partial charge in [0.1, 0.15) is 12.9 Å². The van der Waals surface area contributed by atoms with Gasteiger partial charge in [0.15, 0.2) is 0 Å². The average Bonchev–Trinajstić information content (AvgIpc) is 3.15. The zero-order valence-electron chi connectivity index (χ0n) is 13.8. The van der Waals surface area contributed by atoms with Gasteiger partial charge < -0.3 is 20.2 Å². The maximum absolute atomic E-state index is 12.4. The van der Waals surface area contributed by atoms with E-state index in [0.717, 1.165) is 11.3 Å². The van der Waals surface area contributed by atoms with Gasteiger partial charge in [-0.2, -0.15) is 0 Å². The SMILES string of the molecule is Cc1cc(NC(=O)N2CCN(C(=O)CO)CC2)ccc1-n1cnnn1. The summed E-state index contributed by atoms with van der Waals surface area (Å²) in [7, 11) is 0. The first-order chi connectivity index (χ1) is 12.1. The Morgan fingerprint density at radius 3 is 2.52 bits per heavy atom. The first kappa shape index (κ1) is 16.8. The second-order valence-electron chi connectivity index (χ2n) is 5.71. The Labute approximate surface area is 144 Å². The van der Waals surface area contributed by atoms with Crippen molar-refractivity contribution in [2.24, 2.45) is 0 Å². The highest BCUT2D eigenvalue weighted by atomic mass is 16.3. The second kappa shape index (κ2) is 7.26. The Morgan fingerprint density at radius 2 is 1.92 bits per heavy atom. The van der Waals surface area contributed by atoms with Crippen molar-refractivity contribution in [1.82, 2.24) is 30.0 Å². The fraction of sp³-hybridized carbons (Fsp3) is 0.400. The molecular weight excluding hydrogens is 326 g/mol. The van der Waals surface area contributed by atoms with E-state index in [1.165, 1.54) is 6.33 Å². The van der Waals surface area contributed by atoms with Crippen LogP contribution in [0.3, 0.4) is 0 Å². The van der Waals surface area contributed by atoms with Crippen LogP contribution in [0.15, 0.2) is 24.5 Å². The molecule has 3 rings (SSSR count). The third-order valence-electron chi connectivity index (χ3n) is 4.10. The number of benzene rings is 1. The molecule has 0 spiro atoms. The molecule has 0 atom stereocenters. The lowest BCUT2D eigenvalue weighted by Gasteiger charge is -2.34. The molecule has 0 aliphatic carbocycles. The largest absolute Gasteiger partial charge is 0.387 e. The monoisotopic (exact) mass is 345 g/mol. The molecule has 132 valence electrons. The van der Waals surface area contributed by atoms with E-state index in [4.69, 9.17) is 5.11 Å². The lowest BCUT2D eigenvalue weighted by molar-refractivity contribution is -0.135. The molecule has 0 saturated carbocycles. The minimum absolute atomic E-state index is 0.217. The summed E-state index contributed by atoms with van der Waals surface area (Å²) in [5.41, 5.74) is 2.43. The highest BCUT2D eigenvalue weighted by Gasteiger charge is 2.23. The summed E-state index contributed by atoms with van der Waals surface area (Å²) in [5.74, 6) is -0.311. The molecule has 1 aromatic carbocycles. The lowest BCUT2D eigenvalue weighted by Crippen LogP contribution is -2.52. The number of rotatable bonds is 3. The standard InChI is InChI=1S/C15H19N7O3/c1-11-8-12(2-3-13(11)22-10-16-18-19-22)17-15(25)21-6-4-20(5-7-21)14(24)9-23/h2-3,8,10,23H,4-7,9H2,1H3,(H,17,25). The Morgan fingerprint density at radius 1 is 1.20 bits per heavy atom. The topological polar surface area (TPSA) is 116 Å². The van der Waals surface area contributed by atoms with E-state index in [-0.39, 0.29) is 11.9 Å².